The summed E-state index contributed by atoms with van der Waals surface area (Å²) >= 11 is 0. The maximum absolute atomic E-state index is 4.43. The van der Waals surface area contributed by atoms with E-state index in [1.54, 1.807) is 0 Å². The lowest BCUT2D eigenvalue weighted by molar-refractivity contribution is 0.661. The Morgan fingerprint density at radius 2 is 2.05 bits per heavy atom. The topological polar surface area (TPSA) is 60.0 Å². The molecule has 110 valence electrons. The number of fused-ring (bicyclic) bond motifs is 1. The highest BCUT2D eigenvalue weighted by Crippen LogP contribution is 2.11. The number of hydrogen-bond acceptors (Lipinski definition) is 4. The molecular weight excluding hydrogens is 264 g/mol. The van der Waals surface area contributed by atoms with E-state index in [1.807, 2.05) is 40.5 Å². The fraction of sp³-hybridized carbons (Fsp3) is 0.400. The Labute approximate surface area is 123 Å². The largest absolute Gasteiger partial charge is 0.312 e. The zero-order valence-electron chi connectivity index (χ0n) is 12.7. The summed E-state index contributed by atoms with van der Waals surface area (Å²) in [6.07, 6.45) is 2.85. The molecule has 0 aliphatic carbocycles. The molecule has 3 aromatic rings. The maximum atomic E-state index is 4.43. The van der Waals surface area contributed by atoms with Gasteiger partial charge in [-0.1, -0.05) is 6.07 Å². The molecule has 0 spiro atoms. The van der Waals surface area contributed by atoms with Crippen molar-refractivity contribution in [1.82, 2.24) is 29.7 Å². The molecule has 0 aliphatic heterocycles. The fourth-order valence-corrected chi connectivity index (χ4v) is 2.55. The van der Waals surface area contributed by atoms with E-state index in [0.717, 1.165) is 36.7 Å². The van der Waals surface area contributed by atoms with Gasteiger partial charge in [-0.15, -0.1) is 10.2 Å². The Morgan fingerprint density at radius 1 is 1.19 bits per heavy atom. The van der Waals surface area contributed by atoms with Crippen LogP contribution in [-0.4, -0.2) is 30.9 Å². The van der Waals surface area contributed by atoms with Gasteiger partial charge >= 0.3 is 0 Å². The maximum Gasteiger partial charge on any atom is 0.160 e. The predicted molar refractivity (Wildman–Crippen MR) is 81.1 cm³/mol. The monoisotopic (exact) mass is 284 g/mol. The van der Waals surface area contributed by atoms with Crippen LogP contribution in [0.15, 0.2) is 24.4 Å². The Bertz CT molecular complexity index is 755. The van der Waals surface area contributed by atoms with Crippen molar-refractivity contribution in [2.45, 2.75) is 26.8 Å². The molecule has 6 heteroatoms. The second kappa shape index (κ2) is 5.65. The SMILES string of the molecule is Cc1nn(C)c(C)c1CNCCc1nnc2ccccn12. The number of nitrogens with zero attached hydrogens (tertiary/aromatic N) is 5. The molecule has 0 amide bonds. The van der Waals surface area contributed by atoms with Crippen LogP contribution in [0.1, 0.15) is 22.8 Å². The Hall–Kier alpha value is -2.21. The van der Waals surface area contributed by atoms with E-state index in [-0.39, 0.29) is 0 Å². The molecule has 0 unspecified atom stereocenters. The Morgan fingerprint density at radius 3 is 2.81 bits per heavy atom. The number of hydrogen-bond donors (Lipinski definition) is 1. The third kappa shape index (κ3) is 2.67. The molecular formula is C15H20N6. The molecule has 0 aliphatic rings. The fourth-order valence-electron chi connectivity index (χ4n) is 2.55. The third-order valence-electron chi connectivity index (χ3n) is 3.87. The van der Waals surface area contributed by atoms with Crippen LogP contribution in [0.5, 0.6) is 0 Å². The van der Waals surface area contributed by atoms with Gasteiger partial charge in [0, 0.05) is 44.0 Å². The minimum absolute atomic E-state index is 0.836. The van der Waals surface area contributed by atoms with E-state index >= 15 is 0 Å². The average Bonchev–Trinajstić information content (AvgIpc) is 2.99. The average molecular weight is 284 g/mol. The minimum atomic E-state index is 0.836. The molecule has 0 bridgehead atoms. The number of nitrogens with one attached hydrogen (secondary N) is 1. The molecule has 0 radical (unpaired) electrons. The minimum Gasteiger partial charge on any atom is -0.312 e. The number of rotatable bonds is 5. The summed E-state index contributed by atoms with van der Waals surface area (Å²) in [5.41, 5.74) is 4.48. The van der Waals surface area contributed by atoms with Gasteiger partial charge in [-0.3, -0.25) is 9.08 Å². The highest BCUT2D eigenvalue weighted by molar-refractivity contribution is 5.37. The van der Waals surface area contributed by atoms with Crippen LogP contribution in [0.2, 0.25) is 0 Å². The second-order valence-electron chi connectivity index (χ2n) is 5.24. The van der Waals surface area contributed by atoms with Gasteiger partial charge in [0.1, 0.15) is 5.82 Å². The van der Waals surface area contributed by atoms with Gasteiger partial charge in [0.25, 0.3) is 0 Å². The highest BCUT2D eigenvalue weighted by Gasteiger charge is 2.09. The summed E-state index contributed by atoms with van der Waals surface area (Å²) in [4.78, 5) is 0. The Kier molecular flexibility index (Phi) is 3.70. The molecule has 0 fully saturated rings. The van der Waals surface area contributed by atoms with Gasteiger partial charge in [-0.25, -0.2) is 0 Å². The third-order valence-corrected chi connectivity index (χ3v) is 3.87. The predicted octanol–water partition coefficient (Wildman–Crippen LogP) is 1.41. The lowest BCUT2D eigenvalue weighted by Crippen LogP contribution is -2.18. The normalized spacial score (nSPS) is 11.4. The first kappa shape index (κ1) is 13.8. The van der Waals surface area contributed by atoms with Gasteiger partial charge in [0.2, 0.25) is 0 Å². The van der Waals surface area contributed by atoms with Crippen LogP contribution < -0.4 is 5.32 Å². The van der Waals surface area contributed by atoms with E-state index in [9.17, 15) is 0 Å². The van der Waals surface area contributed by atoms with Crippen LogP contribution in [0.3, 0.4) is 0 Å². The highest BCUT2D eigenvalue weighted by atomic mass is 15.3. The number of pyridine rings is 1. The van der Waals surface area contributed by atoms with E-state index in [1.165, 1.54) is 11.3 Å². The summed E-state index contributed by atoms with van der Waals surface area (Å²) in [6.45, 7) is 5.85. The molecule has 0 saturated carbocycles. The molecule has 0 saturated heterocycles. The molecule has 0 aromatic carbocycles. The van der Waals surface area contributed by atoms with Crippen LogP contribution in [0, 0.1) is 13.8 Å². The summed E-state index contributed by atoms with van der Waals surface area (Å²) in [5.74, 6) is 0.984. The van der Waals surface area contributed by atoms with Crippen molar-refractivity contribution < 1.29 is 0 Å². The van der Waals surface area contributed by atoms with Crippen molar-refractivity contribution in [2.24, 2.45) is 7.05 Å². The summed E-state index contributed by atoms with van der Waals surface area (Å²) in [6, 6.07) is 5.93. The smallest absolute Gasteiger partial charge is 0.160 e. The lowest BCUT2D eigenvalue weighted by atomic mass is 10.2. The van der Waals surface area contributed by atoms with Crippen molar-refractivity contribution in [3.05, 3.63) is 47.2 Å². The van der Waals surface area contributed by atoms with Gasteiger partial charge < -0.3 is 5.32 Å². The first-order valence-electron chi connectivity index (χ1n) is 7.15. The molecule has 3 rings (SSSR count). The van der Waals surface area contributed by atoms with Gasteiger partial charge in [0.05, 0.1) is 5.69 Å². The van der Waals surface area contributed by atoms with Crippen molar-refractivity contribution in [3.63, 3.8) is 0 Å². The van der Waals surface area contributed by atoms with Crippen molar-refractivity contribution in [3.8, 4) is 0 Å². The Balaban J connectivity index is 1.59. The van der Waals surface area contributed by atoms with Gasteiger partial charge in [0.15, 0.2) is 5.65 Å². The van der Waals surface area contributed by atoms with Crippen molar-refractivity contribution in [1.29, 1.82) is 0 Å². The van der Waals surface area contributed by atoms with Crippen LogP contribution in [0.4, 0.5) is 0 Å². The standard InChI is InChI=1S/C15H20N6/c1-11-13(12(2)20(3)19-11)10-16-8-7-15-18-17-14-6-4-5-9-21(14)15/h4-6,9,16H,7-8,10H2,1-3H3. The van der Waals surface area contributed by atoms with Crippen molar-refractivity contribution >= 4 is 5.65 Å². The van der Waals surface area contributed by atoms with Crippen LogP contribution in [0.25, 0.3) is 5.65 Å². The second-order valence-corrected chi connectivity index (χ2v) is 5.24. The van der Waals surface area contributed by atoms with Crippen LogP contribution in [-0.2, 0) is 20.0 Å². The lowest BCUT2D eigenvalue weighted by Gasteiger charge is -2.05. The zero-order valence-corrected chi connectivity index (χ0v) is 12.7. The summed E-state index contributed by atoms with van der Waals surface area (Å²) in [5, 5.41) is 16.3. The molecule has 6 nitrogen and oxygen atoms in total. The van der Waals surface area contributed by atoms with Gasteiger partial charge in [-0.2, -0.15) is 5.10 Å². The molecule has 0 atom stereocenters. The first-order valence-corrected chi connectivity index (χ1v) is 7.15. The molecule has 3 heterocycles. The van der Waals surface area contributed by atoms with E-state index in [4.69, 9.17) is 0 Å². The van der Waals surface area contributed by atoms with Crippen molar-refractivity contribution in [2.75, 3.05) is 6.54 Å². The molecule has 3 aromatic heterocycles. The quantitative estimate of drug-likeness (QED) is 0.720. The van der Waals surface area contributed by atoms with Crippen LogP contribution >= 0.6 is 0 Å². The first-order chi connectivity index (χ1) is 10.2. The molecule has 21 heavy (non-hydrogen) atoms. The number of aryl methyl sites for hydroxylation is 2. The van der Waals surface area contributed by atoms with E-state index < -0.39 is 0 Å². The summed E-state index contributed by atoms with van der Waals surface area (Å²) < 4.78 is 3.96. The van der Waals surface area contributed by atoms with E-state index in [0.29, 0.717) is 0 Å². The van der Waals surface area contributed by atoms with E-state index in [2.05, 4.69) is 34.5 Å². The zero-order chi connectivity index (χ0) is 14.8. The summed E-state index contributed by atoms with van der Waals surface area (Å²) in [7, 11) is 1.98. The molecule has 1 N–H and O–H groups in total. The number of aromatic nitrogens is 5. The van der Waals surface area contributed by atoms with Gasteiger partial charge in [-0.05, 0) is 26.0 Å².